The standard InChI is InChI=1S/C27H29NO2S2.C2H4O2/c1-18-15-20(29-12-4-13-31-2)7-8-21(18)22-5-3-6-24-23(22)9-10-25(24)30-27-16-26-19(17-28-27)11-14-32-26;1-2(3)4/h3,5-8,15-17,25H,4,9-14H2,1-2H3;1H3,(H,3,4). The molecule has 5 nitrogen and oxygen atoms in total. The lowest BCUT2D eigenvalue weighted by Crippen LogP contribution is -2.05. The van der Waals surface area contributed by atoms with Crippen LogP contribution in [-0.4, -0.2) is 40.4 Å². The molecule has 0 spiro atoms. The maximum absolute atomic E-state index is 9.00. The molecule has 36 heavy (non-hydrogen) atoms. The second-order valence-electron chi connectivity index (χ2n) is 8.94. The van der Waals surface area contributed by atoms with E-state index in [1.54, 1.807) is 0 Å². The summed E-state index contributed by atoms with van der Waals surface area (Å²) in [4.78, 5) is 14.9. The molecule has 3 aromatic rings. The lowest BCUT2D eigenvalue weighted by atomic mass is 9.93. The highest BCUT2D eigenvalue weighted by atomic mass is 32.2. The minimum atomic E-state index is -0.833. The number of aliphatic carboxylic acids is 1. The van der Waals surface area contributed by atoms with Crippen molar-refractivity contribution in [1.82, 2.24) is 4.98 Å². The molecule has 1 aliphatic carbocycles. The van der Waals surface area contributed by atoms with E-state index in [-0.39, 0.29) is 6.10 Å². The first kappa shape index (κ1) is 26.4. The number of ether oxygens (including phenoxy) is 2. The van der Waals surface area contributed by atoms with Gasteiger partial charge in [-0.1, -0.05) is 24.3 Å². The first-order chi connectivity index (χ1) is 17.5. The molecule has 0 bridgehead atoms. The SMILES string of the molecule is CC(=O)O.CSCCCOc1ccc(-c2cccc3c2CCC3Oc2cc3c(cn2)CCS3)c(C)c1. The van der Waals surface area contributed by atoms with E-state index in [1.165, 1.54) is 38.3 Å². The zero-order valence-electron chi connectivity index (χ0n) is 21.1. The molecule has 7 heteroatoms. The fourth-order valence-corrected chi connectivity index (χ4v) is 6.14. The summed E-state index contributed by atoms with van der Waals surface area (Å²) in [6.45, 7) is 4.03. The van der Waals surface area contributed by atoms with Gasteiger partial charge >= 0.3 is 0 Å². The molecule has 1 atom stereocenters. The van der Waals surface area contributed by atoms with Crippen LogP contribution in [0.4, 0.5) is 0 Å². The second kappa shape index (κ2) is 12.5. The van der Waals surface area contributed by atoms with Gasteiger partial charge in [-0.05, 0) is 90.1 Å². The molecule has 1 N–H and O–H groups in total. The number of aryl methyl sites for hydroxylation is 2. The van der Waals surface area contributed by atoms with Crippen LogP contribution in [0.2, 0.25) is 0 Å². The Morgan fingerprint density at radius 1 is 1.19 bits per heavy atom. The van der Waals surface area contributed by atoms with Gasteiger partial charge in [0.1, 0.15) is 11.9 Å². The molecule has 1 aliphatic heterocycles. The fourth-order valence-electron chi connectivity index (χ4n) is 4.66. The van der Waals surface area contributed by atoms with Crippen molar-refractivity contribution >= 4 is 29.5 Å². The Bertz CT molecular complexity index is 1210. The molecule has 190 valence electrons. The topological polar surface area (TPSA) is 68.7 Å². The number of nitrogens with zero attached hydrogens (tertiary/aromatic N) is 1. The number of fused-ring (bicyclic) bond motifs is 2. The van der Waals surface area contributed by atoms with Crippen molar-refractivity contribution in [2.45, 2.75) is 50.5 Å². The van der Waals surface area contributed by atoms with Crippen molar-refractivity contribution in [3.63, 3.8) is 0 Å². The van der Waals surface area contributed by atoms with Gasteiger partial charge in [-0.2, -0.15) is 11.8 Å². The summed E-state index contributed by atoms with van der Waals surface area (Å²) in [5, 5.41) is 7.42. The Morgan fingerprint density at radius 3 is 2.81 bits per heavy atom. The van der Waals surface area contributed by atoms with Gasteiger partial charge in [-0.25, -0.2) is 4.98 Å². The maximum atomic E-state index is 9.00. The second-order valence-corrected chi connectivity index (χ2v) is 11.1. The van der Waals surface area contributed by atoms with E-state index in [0.717, 1.165) is 62.3 Å². The summed E-state index contributed by atoms with van der Waals surface area (Å²) >= 11 is 3.77. The molecule has 2 aromatic carbocycles. The first-order valence-electron chi connectivity index (χ1n) is 12.3. The predicted molar refractivity (Wildman–Crippen MR) is 149 cm³/mol. The lowest BCUT2D eigenvalue weighted by molar-refractivity contribution is -0.134. The van der Waals surface area contributed by atoms with Gasteiger partial charge < -0.3 is 14.6 Å². The fraction of sp³-hybridized carbons (Fsp3) is 0.379. The number of carboxylic acid groups (broad SMARTS) is 1. The number of rotatable bonds is 8. The molecule has 1 unspecified atom stereocenters. The van der Waals surface area contributed by atoms with Gasteiger partial charge in [0.15, 0.2) is 0 Å². The Kier molecular flexibility index (Phi) is 9.21. The minimum absolute atomic E-state index is 0.0706. The third-order valence-electron chi connectivity index (χ3n) is 6.28. The number of carboxylic acids is 1. The molecule has 2 aliphatic rings. The minimum Gasteiger partial charge on any atom is -0.494 e. The van der Waals surface area contributed by atoms with Crippen LogP contribution in [0.3, 0.4) is 0 Å². The Labute approximate surface area is 222 Å². The van der Waals surface area contributed by atoms with Gasteiger partial charge in [0.2, 0.25) is 5.88 Å². The summed E-state index contributed by atoms with van der Waals surface area (Å²) in [5.41, 5.74) is 7.91. The van der Waals surface area contributed by atoms with E-state index in [1.807, 2.05) is 29.7 Å². The molecule has 2 heterocycles. The number of thioether (sulfide) groups is 2. The largest absolute Gasteiger partial charge is 0.494 e. The van der Waals surface area contributed by atoms with Gasteiger partial charge in [-0.3, -0.25) is 4.79 Å². The molecule has 0 amide bonds. The first-order valence-corrected chi connectivity index (χ1v) is 14.7. The average molecular weight is 524 g/mol. The van der Waals surface area contributed by atoms with Crippen molar-refractivity contribution in [1.29, 1.82) is 0 Å². The number of hydrogen-bond donors (Lipinski definition) is 1. The average Bonchev–Trinajstić information content (AvgIpc) is 3.49. The van der Waals surface area contributed by atoms with Crippen LogP contribution in [0.5, 0.6) is 11.6 Å². The van der Waals surface area contributed by atoms with E-state index in [2.05, 4.69) is 60.6 Å². The number of hydrogen-bond acceptors (Lipinski definition) is 6. The van der Waals surface area contributed by atoms with E-state index in [0.29, 0.717) is 0 Å². The molecule has 0 fully saturated rings. The van der Waals surface area contributed by atoms with Crippen molar-refractivity contribution in [3.8, 4) is 22.8 Å². The zero-order valence-corrected chi connectivity index (χ0v) is 22.7. The smallest absolute Gasteiger partial charge is 0.300 e. The summed E-state index contributed by atoms with van der Waals surface area (Å²) < 4.78 is 12.3. The molecular formula is C29H33NO4S2. The van der Waals surface area contributed by atoms with E-state index in [4.69, 9.17) is 19.4 Å². The van der Waals surface area contributed by atoms with Crippen LogP contribution < -0.4 is 9.47 Å². The highest BCUT2D eigenvalue weighted by molar-refractivity contribution is 7.99. The summed E-state index contributed by atoms with van der Waals surface area (Å²) in [6.07, 6.45) is 8.41. The van der Waals surface area contributed by atoms with Crippen LogP contribution in [0.15, 0.2) is 53.6 Å². The van der Waals surface area contributed by atoms with Gasteiger partial charge in [0, 0.05) is 29.8 Å². The lowest BCUT2D eigenvalue weighted by Gasteiger charge is -2.16. The highest BCUT2D eigenvalue weighted by Gasteiger charge is 2.27. The molecule has 0 radical (unpaired) electrons. The van der Waals surface area contributed by atoms with Crippen LogP contribution in [-0.2, 0) is 17.6 Å². The summed E-state index contributed by atoms with van der Waals surface area (Å²) in [6, 6.07) is 15.2. The Hall–Kier alpha value is -2.64. The number of carbonyl (C=O) groups is 1. The Morgan fingerprint density at radius 2 is 2.03 bits per heavy atom. The highest BCUT2D eigenvalue weighted by Crippen LogP contribution is 2.42. The quantitative estimate of drug-likeness (QED) is 0.319. The van der Waals surface area contributed by atoms with E-state index in [9.17, 15) is 0 Å². The van der Waals surface area contributed by atoms with Crippen LogP contribution in [0.25, 0.3) is 11.1 Å². The monoisotopic (exact) mass is 523 g/mol. The van der Waals surface area contributed by atoms with E-state index >= 15 is 0 Å². The predicted octanol–water partition coefficient (Wildman–Crippen LogP) is 6.99. The van der Waals surface area contributed by atoms with Crippen molar-refractivity contribution in [2.24, 2.45) is 0 Å². The molecular weight excluding hydrogens is 490 g/mol. The number of pyridine rings is 1. The number of aromatic nitrogens is 1. The van der Waals surface area contributed by atoms with Crippen molar-refractivity contribution < 1.29 is 19.4 Å². The van der Waals surface area contributed by atoms with Crippen molar-refractivity contribution in [2.75, 3.05) is 24.4 Å². The maximum Gasteiger partial charge on any atom is 0.300 e. The summed E-state index contributed by atoms with van der Waals surface area (Å²) in [5.74, 6) is 3.16. The van der Waals surface area contributed by atoms with Crippen LogP contribution in [0.1, 0.15) is 48.1 Å². The Balaban J connectivity index is 0.000000709. The van der Waals surface area contributed by atoms with Gasteiger partial charge in [0.25, 0.3) is 5.97 Å². The number of benzene rings is 2. The molecule has 0 saturated carbocycles. The molecule has 5 rings (SSSR count). The van der Waals surface area contributed by atoms with Crippen LogP contribution in [0, 0.1) is 6.92 Å². The van der Waals surface area contributed by atoms with E-state index < -0.39 is 5.97 Å². The van der Waals surface area contributed by atoms with Gasteiger partial charge in [-0.15, -0.1) is 11.8 Å². The third kappa shape index (κ3) is 6.56. The van der Waals surface area contributed by atoms with Gasteiger partial charge in [0.05, 0.1) is 6.61 Å². The normalized spacial score (nSPS) is 15.5. The van der Waals surface area contributed by atoms with Crippen molar-refractivity contribution in [3.05, 3.63) is 70.9 Å². The molecule has 1 aromatic heterocycles. The van der Waals surface area contributed by atoms with Crippen LogP contribution >= 0.6 is 23.5 Å². The third-order valence-corrected chi connectivity index (χ3v) is 8.07. The summed E-state index contributed by atoms with van der Waals surface area (Å²) in [7, 11) is 0. The molecule has 0 saturated heterocycles. The zero-order chi connectivity index (χ0) is 25.5.